The molecule has 0 aliphatic heterocycles. The van der Waals surface area contributed by atoms with E-state index in [0.717, 1.165) is 18.4 Å². The summed E-state index contributed by atoms with van der Waals surface area (Å²) in [6.07, 6.45) is 22.4. The lowest BCUT2D eigenvalue weighted by molar-refractivity contribution is -0.121. The van der Waals surface area contributed by atoms with E-state index < -0.39 is 0 Å². The second kappa shape index (κ2) is 18.7. The van der Waals surface area contributed by atoms with E-state index >= 15 is 0 Å². The third-order valence-electron chi connectivity index (χ3n) is 5.21. The highest BCUT2D eigenvalue weighted by atomic mass is 16.2. The van der Waals surface area contributed by atoms with Gasteiger partial charge in [-0.25, -0.2) is 5.43 Å². The van der Waals surface area contributed by atoms with E-state index in [1.54, 1.807) is 6.21 Å². The van der Waals surface area contributed by atoms with E-state index in [1.807, 2.05) is 30.3 Å². The van der Waals surface area contributed by atoms with Gasteiger partial charge in [0.15, 0.2) is 0 Å². The smallest absolute Gasteiger partial charge is 0.240 e. The average Bonchev–Trinajstić information content (AvgIpc) is 2.71. The van der Waals surface area contributed by atoms with Crippen LogP contribution in [0.5, 0.6) is 0 Å². The standard InChI is InChI=1S/C25H42N2O/c1-2-3-4-5-6-7-8-9-10-11-12-13-14-15-19-22-25(28)27-26-23-24-20-17-16-18-21-24/h16-18,20-21,23H,2-15,19,22H2,1H3,(H,27,28)/b26-23-. The Kier molecular flexibility index (Phi) is 16.3. The van der Waals surface area contributed by atoms with Crippen molar-refractivity contribution in [2.75, 3.05) is 0 Å². The van der Waals surface area contributed by atoms with Crippen molar-refractivity contribution in [3.63, 3.8) is 0 Å². The molecule has 0 saturated carbocycles. The van der Waals surface area contributed by atoms with Crippen LogP contribution >= 0.6 is 0 Å². The summed E-state index contributed by atoms with van der Waals surface area (Å²) < 4.78 is 0. The number of nitrogens with one attached hydrogen (secondary N) is 1. The number of amides is 1. The molecule has 0 saturated heterocycles. The molecule has 1 amide bonds. The average molecular weight is 387 g/mol. The first-order valence-electron chi connectivity index (χ1n) is 11.7. The Bertz CT molecular complexity index is 499. The number of hydrogen-bond acceptors (Lipinski definition) is 2. The Hall–Kier alpha value is -1.64. The van der Waals surface area contributed by atoms with Gasteiger partial charge < -0.3 is 0 Å². The van der Waals surface area contributed by atoms with Crippen molar-refractivity contribution in [2.24, 2.45) is 5.10 Å². The summed E-state index contributed by atoms with van der Waals surface area (Å²) >= 11 is 0. The highest BCUT2D eigenvalue weighted by Crippen LogP contribution is 2.13. The number of rotatable bonds is 18. The number of carbonyl (C=O) groups is 1. The highest BCUT2D eigenvalue weighted by Gasteiger charge is 1.99. The summed E-state index contributed by atoms with van der Waals surface area (Å²) in [5.41, 5.74) is 3.61. The summed E-state index contributed by atoms with van der Waals surface area (Å²) in [5.74, 6) is 0.0156. The molecule has 0 unspecified atom stereocenters. The maximum absolute atomic E-state index is 11.7. The Balaban J connectivity index is 1.80. The zero-order valence-electron chi connectivity index (χ0n) is 18.1. The van der Waals surface area contributed by atoms with Gasteiger partial charge >= 0.3 is 0 Å². The fourth-order valence-corrected chi connectivity index (χ4v) is 3.43. The van der Waals surface area contributed by atoms with Gasteiger partial charge in [-0.15, -0.1) is 0 Å². The predicted octanol–water partition coefficient (Wildman–Crippen LogP) is 7.40. The molecule has 0 heterocycles. The Morgan fingerprint density at radius 1 is 0.750 bits per heavy atom. The van der Waals surface area contributed by atoms with Crippen molar-refractivity contribution in [3.8, 4) is 0 Å². The van der Waals surface area contributed by atoms with Crippen molar-refractivity contribution >= 4 is 12.1 Å². The Morgan fingerprint density at radius 2 is 1.21 bits per heavy atom. The van der Waals surface area contributed by atoms with Crippen LogP contribution in [0.2, 0.25) is 0 Å². The molecule has 0 radical (unpaired) electrons. The molecule has 1 N–H and O–H groups in total. The molecule has 0 aliphatic carbocycles. The van der Waals surface area contributed by atoms with Gasteiger partial charge in [-0.1, -0.05) is 127 Å². The maximum Gasteiger partial charge on any atom is 0.240 e. The van der Waals surface area contributed by atoms with E-state index in [4.69, 9.17) is 0 Å². The summed E-state index contributed by atoms with van der Waals surface area (Å²) in [6, 6.07) is 9.80. The molecule has 0 bridgehead atoms. The molecule has 28 heavy (non-hydrogen) atoms. The molecule has 1 aromatic carbocycles. The number of hydrogen-bond donors (Lipinski definition) is 1. The van der Waals surface area contributed by atoms with E-state index in [9.17, 15) is 4.79 Å². The van der Waals surface area contributed by atoms with Crippen molar-refractivity contribution in [1.82, 2.24) is 5.43 Å². The van der Waals surface area contributed by atoms with Gasteiger partial charge in [0.2, 0.25) is 5.91 Å². The first-order chi connectivity index (χ1) is 13.8. The molecule has 1 aromatic rings. The van der Waals surface area contributed by atoms with Crippen molar-refractivity contribution < 1.29 is 4.79 Å². The molecular weight excluding hydrogens is 344 g/mol. The van der Waals surface area contributed by atoms with Crippen LogP contribution in [0, 0.1) is 0 Å². The van der Waals surface area contributed by atoms with E-state index in [1.165, 1.54) is 83.5 Å². The van der Waals surface area contributed by atoms with Crippen molar-refractivity contribution in [2.45, 2.75) is 110 Å². The topological polar surface area (TPSA) is 41.5 Å². The summed E-state index contributed by atoms with van der Waals surface area (Å²) in [6.45, 7) is 2.28. The van der Waals surface area contributed by atoms with Crippen LogP contribution in [0.3, 0.4) is 0 Å². The largest absolute Gasteiger partial charge is 0.273 e. The number of nitrogens with zero attached hydrogens (tertiary/aromatic N) is 1. The van der Waals surface area contributed by atoms with Gasteiger partial charge in [-0.05, 0) is 12.0 Å². The van der Waals surface area contributed by atoms with E-state index in [2.05, 4.69) is 17.5 Å². The lowest BCUT2D eigenvalue weighted by Gasteiger charge is -2.03. The molecule has 3 nitrogen and oxygen atoms in total. The Labute approximate surface area is 173 Å². The number of carbonyl (C=O) groups excluding carboxylic acids is 1. The fourth-order valence-electron chi connectivity index (χ4n) is 3.43. The second-order valence-electron chi connectivity index (χ2n) is 7.90. The van der Waals surface area contributed by atoms with E-state index in [0.29, 0.717) is 6.42 Å². The van der Waals surface area contributed by atoms with Crippen LogP contribution in [0.25, 0.3) is 0 Å². The number of unbranched alkanes of at least 4 members (excludes halogenated alkanes) is 14. The first kappa shape index (κ1) is 24.4. The molecule has 0 aromatic heterocycles. The van der Waals surface area contributed by atoms with Crippen molar-refractivity contribution in [3.05, 3.63) is 35.9 Å². The maximum atomic E-state index is 11.7. The van der Waals surface area contributed by atoms with Crippen LogP contribution in [0.1, 0.15) is 115 Å². The fraction of sp³-hybridized carbons (Fsp3) is 0.680. The molecular formula is C25H42N2O. The summed E-state index contributed by atoms with van der Waals surface area (Å²) in [7, 11) is 0. The number of benzene rings is 1. The normalized spacial score (nSPS) is 11.2. The zero-order chi connectivity index (χ0) is 20.1. The van der Waals surface area contributed by atoms with Crippen LogP contribution in [0.4, 0.5) is 0 Å². The monoisotopic (exact) mass is 386 g/mol. The summed E-state index contributed by atoms with van der Waals surface area (Å²) in [5, 5.41) is 4.01. The van der Waals surface area contributed by atoms with Crippen LogP contribution in [0.15, 0.2) is 35.4 Å². The minimum atomic E-state index is 0.0156. The first-order valence-corrected chi connectivity index (χ1v) is 11.7. The summed E-state index contributed by atoms with van der Waals surface area (Å²) in [4.78, 5) is 11.7. The minimum absolute atomic E-state index is 0.0156. The molecule has 0 fully saturated rings. The van der Waals surface area contributed by atoms with Gasteiger partial charge in [0.05, 0.1) is 6.21 Å². The van der Waals surface area contributed by atoms with E-state index in [-0.39, 0.29) is 5.91 Å². The molecule has 3 heteroatoms. The van der Waals surface area contributed by atoms with Gasteiger partial charge in [-0.2, -0.15) is 5.10 Å². The van der Waals surface area contributed by atoms with Crippen LogP contribution in [-0.4, -0.2) is 12.1 Å². The Morgan fingerprint density at radius 3 is 1.71 bits per heavy atom. The number of hydrazone groups is 1. The van der Waals surface area contributed by atoms with Gasteiger partial charge in [0.1, 0.15) is 0 Å². The third-order valence-corrected chi connectivity index (χ3v) is 5.21. The van der Waals surface area contributed by atoms with Crippen LogP contribution < -0.4 is 5.43 Å². The lowest BCUT2D eigenvalue weighted by atomic mass is 10.0. The predicted molar refractivity (Wildman–Crippen MR) is 122 cm³/mol. The molecule has 0 spiro atoms. The third kappa shape index (κ3) is 15.4. The van der Waals surface area contributed by atoms with Crippen molar-refractivity contribution in [1.29, 1.82) is 0 Å². The second-order valence-corrected chi connectivity index (χ2v) is 7.90. The lowest BCUT2D eigenvalue weighted by Crippen LogP contribution is -2.16. The molecule has 0 atom stereocenters. The molecule has 158 valence electrons. The SMILES string of the molecule is CCCCCCCCCCCCCCCCCC(=O)N/N=C\c1ccccc1. The highest BCUT2D eigenvalue weighted by molar-refractivity contribution is 5.82. The quantitative estimate of drug-likeness (QED) is 0.159. The molecule has 1 rings (SSSR count). The van der Waals surface area contributed by atoms with Crippen LogP contribution in [-0.2, 0) is 4.79 Å². The van der Waals surface area contributed by atoms with Gasteiger partial charge in [0.25, 0.3) is 0 Å². The zero-order valence-corrected chi connectivity index (χ0v) is 18.1. The van der Waals surface area contributed by atoms with Gasteiger partial charge in [0, 0.05) is 6.42 Å². The minimum Gasteiger partial charge on any atom is -0.273 e. The molecule has 0 aliphatic rings. The van der Waals surface area contributed by atoms with Gasteiger partial charge in [-0.3, -0.25) is 4.79 Å².